The minimum absolute atomic E-state index is 0.165. The summed E-state index contributed by atoms with van der Waals surface area (Å²) in [5.74, 6) is 0.629. The van der Waals surface area contributed by atoms with Gasteiger partial charge in [-0.1, -0.05) is 47.1 Å². The average molecular weight is 317 g/mol. The van der Waals surface area contributed by atoms with Crippen LogP contribution < -0.4 is 5.56 Å². The van der Waals surface area contributed by atoms with Crippen molar-refractivity contribution in [2.75, 3.05) is 0 Å². The highest BCUT2D eigenvalue weighted by Gasteiger charge is 2.10. The van der Waals surface area contributed by atoms with Crippen molar-refractivity contribution in [1.82, 2.24) is 14.7 Å². The molecule has 0 saturated heterocycles. The van der Waals surface area contributed by atoms with Crippen molar-refractivity contribution in [3.05, 3.63) is 82.5 Å². The Morgan fingerprint density at radius 3 is 2.71 bits per heavy atom. The first-order valence-corrected chi connectivity index (χ1v) is 7.68. The molecule has 4 rings (SSSR count). The minimum Gasteiger partial charge on any atom is -0.359 e. The van der Waals surface area contributed by atoms with E-state index in [1.165, 1.54) is 11.8 Å². The van der Waals surface area contributed by atoms with Gasteiger partial charge < -0.3 is 4.52 Å². The fraction of sp³-hybridized carbons (Fsp3) is 0.105. The zero-order valence-corrected chi connectivity index (χ0v) is 13.1. The van der Waals surface area contributed by atoms with Gasteiger partial charge in [0.05, 0.1) is 23.8 Å². The van der Waals surface area contributed by atoms with E-state index in [2.05, 4.69) is 10.1 Å². The number of rotatable bonds is 3. The molecule has 0 radical (unpaired) electrons. The molecule has 0 aliphatic rings. The number of nitrogens with zero attached hydrogens (tertiary/aromatic N) is 3. The Morgan fingerprint density at radius 1 is 1.08 bits per heavy atom. The number of aryl methyl sites for hydroxylation is 1. The molecule has 24 heavy (non-hydrogen) atoms. The van der Waals surface area contributed by atoms with E-state index in [0.717, 1.165) is 22.3 Å². The van der Waals surface area contributed by atoms with Crippen molar-refractivity contribution in [3.8, 4) is 11.3 Å². The Balaban J connectivity index is 1.71. The first-order valence-electron chi connectivity index (χ1n) is 7.68. The largest absolute Gasteiger partial charge is 0.359 e. The van der Waals surface area contributed by atoms with E-state index in [4.69, 9.17) is 4.52 Å². The summed E-state index contributed by atoms with van der Waals surface area (Å²) >= 11 is 0. The summed E-state index contributed by atoms with van der Waals surface area (Å²) in [5.41, 5.74) is 4.33. The van der Waals surface area contributed by atoms with Crippen LogP contribution in [0.4, 0.5) is 0 Å². The summed E-state index contributed by atoms with van der Waals surface area (Å²) in [5, 5.41) is 4.12. The number of hydrogen-bond donors (Lipinski definition) is 0. The molecule has 0 saturated carbocycles. The molecule has 4 aromatic rings. The smallest absolute Gasteiger partial charge is 0.269 e. The molecule has 0 fully saturated rings. The van der Waals surface area contributed by atoms with Crippen LogP contribution in [0.1, 0.15) is 11.3 Å². The second-order valence-corrected chi connectivity index (χ2v) is 5.72. The molecule has 0 amide bonds. The van der Waals surface area contributed by atoms with Gasteiger partial charge >= 0.3 is 0 Å². The standard InChI is InChI=1S/C19H15N3O2/c1-13-6-8-14(9-7-13)17-10-15(24-21-17)12-22-18-5-3-2-4-16(18)20-11-19(22)23/h2-11H,12H2,1H3. The molecule has 0 bridgehead atoms. The zero-order chi connectivity index (χ0) is 16.5. The lowest BCUT2D eigenvalue weighted by atomic mass is 10.1. The summed E-state index contributed by atoms with van der Waals surface area (Å²) in [7, 11) is 0. The number of hydrogen-bond acceptors (Lipinski definition) is 4. The number of fused-ring (bicyclic) bond motifs is 1. The molecule has 0 atom stereocenters. The molecular formula is C19H15N3O2. The van der Waals surface area contributed by atoms with Crippen molar-refractivity contribution < 1.29 is 4.52 Å². The molecule has 118 valence electrons. The van der Waals surface area contributed by atoms with Gasteiger partial charge in [-0.25, -0.2) is 4.98 Å². The summed E-state index contributed by atoms with van der Waals surface area (Å²) < 4.78 is 7.07. The molecule has 0 aliphatic carbocycles. The molecule has 5 nitrogen and oxygen atoms in total. The van der Waals surface area contributed by atoms with Crippen molar-refractivity contribution in [1.29, 1.82) is 0 Å². The lowest BCUT2D eigenvalue weighted by Crippen LogP contribution is -2.20. The van der Waals surface area contributed by atoms with Crippen LogP contribution in [0.2, 0.25) is 0 Å². The first kappa shape index (κ1) is 14.4. The summed E-state index contributed by atoms with van der Waals surface area (Å²) in [6, 6.07) is 17.5. The maximum Gasteiger partial charge on any atom is 0.269 e. The third-order valence-corrected chi connectivity index (χ3v) is 3.97. The van der Waals surface area contributed by atoms with Gasteiger partial charge in [-0.3, -0.25) is 9.36 Å². The predicted octanol–water partition coefficient (Wildman–Crippen LogP) is 3.41. The van der Waals surface area contributed by atoms with Gasteiger partial charge in [0.1, 0.15) is 5.69 Å². The molecule has 2 heterocycles. The number of aromatic nitrogens is 3. The highest BCUT2D eigenvalue weighted by atomic mass is 16.5. The van der Waals surface area contributed by atoms with E-state index in [0.29, 0.717) is 12.3 Å². The van der Waals surface area contributed by atoms with Gasteiger partial charge in [0, 0.05) is 11.6 Å². The zero-order valence-electron chi connectivity index (χ0n) is 13.1. The maximum absolute atomic E-state index is 12.2. The quantitative estimate of drug-likeness (QED) is 0.581. The lowest BCUT2D eigenvalue weighted by molar-refractivity contribution is 0.378. The van der Waals surface area contributed by atoms with Crippen LogP contribution in [-0.4, -0.2) is 14.7 Å². The van der Waals surface area contributed by atoms with Gasteiger partial charge in [-0.05, 0) is 19.1 Å². The lowest BCUT2D eigenvalue weighted by Gasteiger charge is -2.06. The van der Waals surface area contributed by atoms with Crippen LogP contribution in [0.5, 0.6) is 0 Å². The maximum atomic E-state index is 12.2. The van der Waals surface area contributed by atoms with E-state index in [9.17, 15) is 4.79 Å². The third kappa shape index (κ3) is 2.60. The first-order chi connectivity index (χ1) is 11.7. The molecule has 2 aromatic carbocycles. The van der Waals surface area contributed by atoms with E-state index in [1.807, 2.05) is 61.5 Å². The predicted molar refractivity (Wildman–Crippen MR) is 91.8 cm³/mol. The summed E-state index contributed by atoms with van der Waals surface area (Å²) in [4.78, 5) is 16.4. The Kier molecular flexibility index (Phi) is 3.46. The van der Waals surface area contributed by atoms with Gasteiger partial charge in [0.15, 0.2) is 5.76 Å². The highest BCUT2D eigenvalue weighted by molar-refractivity contribution is 5.74. The molecule has 5 heteroatoms. The van der Waals surface area contributed by atoms with E-state index in [1.54, 1.807) is 4.57 Å². The van der Waals surface area contributed by atoms with Gasteiger partial charge in [-0.2, -0.15) is 0 Å². The number of benzene rings is 2. The van der Waals surface area contributed by atoms with Crippen molar-refractivity contribution in [2.24, 2.45) is 0 Å². The van der Waals surface area contributed by atoms with Crippen LogP contribution in [0.3, 0.4) is 0 Å². The fourth-order valence-electron chi connectivity index (χ4n) is 2.68. The van der Waals surface area contributed by atoms with E-state index < -0.39 is 0 Å². The fourth-order valence-corrected chi connectivity index (χ4v) is 2.68. The van der Waals surface area contributed by atoms with Crippen molar-refractivity contribution in [3.63, 3.8) is 0 Å². The monoisotopic (exact) mass is 317 g/mol. The highest BCUT2D eigenvalue weighted by Crippen LogP contribution is 2.20. The second kappa shape index (κ2) is 5.77. The van der Waals surface area contributed by atoms with Crippen LogP contribution in [0.15, 0.2) is 70.1 Å². The van der Waals surface area contributed by atoms with E-state index >= 15 is 0 Å². The number of para-hydroxylation sites is 2. The van der Waals surface area contributed by atoms with Gasteiger partial charge in [-0.15, -0.1) is 0 Å². The third-order valence-electron chi connectivity index (χ3n) is 3.97. The van der Waals surface area contributed by atoms with Crippen molar-refractivity contribution in [2.45, 2.75) is 13.5 Å². The van der Waals surface area contributed by atoms with Crippen LogP contribution >= 0.6 is 0 Å². The van der Waals surface area contributed by atoms with Crippen LogP contribution in [0, 0.1) is 6.92 Å². The summed E-state index contributed by atoms with van der Waals surface area (Å²) in [6.45, 7) is 2.36. The van der Waals surface area contributed by atoms with Crippen LogP contribution in [-0.2, 0) is 6.54 Å². The normalized spacial score (nSPS) is 11.0. The Morgan fingerprint density at radius 2 is 1.88 bits per heavy atom. The molecule has 0 unspecified atom stereocenters. The van der Waals surface area contributed by atoms with Gasteiger partial charge in [0.2, 0.25) is 0 Å². The molecule has 0 spiro atoms. The molecular weight excluding hydrogens is 302 g/mol. The van der Waals surface area contributed by atoms with Gasteiger partial charge in [0.25, 0.3) is 5.56 Å². The summed E-state index contributed by atoms with van der Waals surface area (Å²) in [6.07, 6.45) is 1.33. The topological polar surface area (TPSA) is 60.9 Å². The molecule has 0 N–H and O–H groups in total. The Hall–Kier alpha value is -3.21. The molecule has 2 aromatic heterocycles. The minimum atomic E-state index is -0.165. The van der Waals surface area contributed by atoms with Crippen molar-refractivity contribution >= 4 is 11.0 Å². The SMILES string of the molecule is Cc1ccc(-c2cc(Cn3c(=O)cnc4ccccc43)on2)cc1. The van der Waals surface area contributed by atoms with Crippen LogP contribution in [0.25, 0.3) is 22.3 Å². The van der Waals surface area contributed by atoms with E-state index in [-0.39, 0.29) is 5.56 Å². The second-order valence-electron chi connectivity index (χ2n) is 5.72. The molecule has 0 aliphatic heterocycles. The Bertz CT molecular complexity index is 1060. The Labute approximate surface area is 138 Å². The average Bonchev–Trinajstić information content (AvgIpc) is 3.07.